The van der Waals surface area contributed by atoms with Crippen LogP contribution in [-0.4, -0.2) is 52.7 Å². The van der Waals surface area contributed by atoms with E-state index in [1.165, 1.54) is 0 Å². The summed E-state index contributed by atoms with van der Waals surface area (Å²) in [4.78, 5) is 40.5. The number of benzene rings is 1. The molecule has 7 heteroatoms. The van der Waals surface area contributed by atoms with Gasteiger partial charge in [-0.1, -0.05) is 18.2 Å². The van der Waals surface area contributed by atoms with Crippen LogP contribution in [-0.2, 0) is 22.7 Å². The number of amides is 3. The molecule has 2 fully saturated rings. The Morgan fingerprint density at radius 2 is 2.08 bits per heavy atom. The lowest BCUT2D eigenvalue weighted by atomic mass is 10.0. The van der Waals surface area contributed by atoms with E-state index in [0.717, 1.165) is 24.0 Å². The maximum absolute atomic E-state index is 13.1. The highest BCUT2D eigenvalue weighted by Gasteiger charge is 2.45. The summed E-state index contributed by atoms with van der Waals surface area (Å²) in [6.07, 6.45) is 2.83. The highest BCUT2D eigenvalue weighted by atomic mass is 16.2. The van der Waals surface area contributed by atoms with Crippen molar-refractivity contribution in [1.82, 2.24) is 15.1 Å². The maximum atomic E-state index is 13.1. The fourth-order valence-corrected chi connectivity index (χ4v) is 4.13. The number of imide groups is 1. The van der Waals surface area contributed by atoms with Crippen LogP contribution in [0.25, 0.3) is 0 Å². The lowest BCUT2D eigenvalue weighted by molar-refractivity contribution is -0.136. The molecule has 1 saturated carbocycles. The van der Waals surface area contributed by atoms with Crippen molar-refractivity contribution >= 4 is 17.7 Å². The van der Waals surface area contributed by atoms with Crippen molar-refractivity contribution in [2.24, 2.45) is 5.73 Å². The fourth-order valence-electron chi connectivity index (χ4n) is 4.13. The minimum absolute atomic E-state index is 0.0632. The highest BCUT2D eigenvalue weighted by molar-refractivity contribution is 6.05. The lowest BCUT2D eigenvalue weighted by Gasteiger charge is -2.29. The van der Waals surface area contributed by atoms with Crippen LogP contribution in [0.2, 0.25) is 0 Å². The summed E-state index contributed by atoms with van der Waals surface area (Å²) in [6.45, 7) is 1.70. The van der Waals surface area contributed by atoms with Gasteiger partial charge in [-0.3, -0.25) is 24.6 Å². The predicted molar refractivity (Wildman–Crippen MR) is 95.0 cm³/mol. The first-order valence-electron chi connectivity index (χ1n) is 9.12. The van der Waals surface area contributed by atoms with Gasteiger partial charge in [-0.2, -0.15) is 0 Å². The van der Waals surface area contributed by atoms with Crippen LogP contribution in [0, 0.1) is 0 Å². The van der Waals surface area contributed by atoms with Crippen molar-refractivity contribution < 1.29 is 14.4 Å². The van der Waals surface area contributed by atoms with E-state index in [1.807, 2.05) is 18.2 Å². The molecule has 4 rings (SSSR count). The lowest BCUT2D eigenvalue weighted by Crippen LogP contribution is -2.52. The molecule has 1 atom stereocenters. The number of rotatable bonds is 5. The zero-order valence-corrected chi connectivity index (χ0v) is 15.0. The van der Waals surface area contributed by atoms with E-state index in [4.69, 9.17) is 5.73 Å². The smallest absolute Gasteiger partial charge is 0.255 e. The Balaban J connectivity index is 1.57. The third kappa shape index (κ3) is 2.71. The van der Waals surface area contributed by atoms with Crippen LogP contribution in [0.4, 0.5) is 0 Å². The zero-order chi connectivity index (χ0) is 18.5. The average Bonchev–Trinajstić information content (AvgIpc) is 3.35. The van der Waals surface area contributed by atoms with Gasteiger partial charge < -0.3 is 10.6 Å². The van der Waals surface area contributed by atoms with Crippen molar-refractivity contribution in [3.63, 3.8) is 0 Å². The normalized spacial score (nSPS) is 24.0. The number of hydrogen-bond donors (Lipinski definition) is 2. The first-order valence-corrected chi connectivity index (χ1v) is 9.12. The fraction of sp³-hybridized carbons (Fsp3) is 0.526. The molecule has 1 saturated heterocycles. The number of nitrogens with one attached hydrogen (secondary N) is 1. The quantitative estimate of drug-likeness (QED) is 0.743. The van der Waals surface area contributed by atoms with Gasteiger partial charge in [0.15, 0.2) is 0 Å². The molecule has 7 nitrogen and oxygen atoms in total. The van der Waals surface area contributed by atoms with Gasteiger partial charge in [0.25, 0.3) is 5.91 Å². The van der Waals surface area contributed by atoms with Crippen LogP contribution in [0.1, 0.15) is 47.2 Å². The van der Waals surface area contributed by atoms with Crippen molar-refractivity contribution in [3.05, 3.63) is 34.9 Å². The molecule has 0 spiro atoms. The van der Waals surface area contributed by atoms with Gasteiger partial charge in [-0.05, 0) is 37.4 Å². The van der Waals surface area contributed by atoms with Gasteiger partial charge in [0.05, 0.1) is 0 Å². The molecule has 1 aromatic rings. The zero-order valence-electron chi connectivity index (χ0n) is 15.0. The van der Waals surface area contributed by atoms with E-state index in [1.54, 1.807) is 4.90 Å². The van der Waals surface area contributed by atoms with Gasteiger partial charge in [-0.25, -0.2) is 0 Å². The van der Waals surface area contributed by atoms with E-state index < -0.39 is 6.04 Å². The molecule has 1 aromatic carbocycles. The Hall–Kier alpha value is -2.25. The summed E-state index contributed by atoms with van der Waals surface area (Å²) >= 11 is 0. The highest BCUT2D eigenvalue weighted by Crippen LogP contribution is 2.41. The molecule has 0 aromatic heterocycles. The van der Waals surface area contributed by atoms with Crippen LogP contribution in [0.5, 0.6) is 0 Å². The molecule has 3 amide bonds. The number of piperidine rings is 1. The van der Waals surface area contributed by atoms with Crippen LogP contribution in [0.15, 0.2) is 18.2 Å². The van der Waals surface area contributed by atoms with Gasteiger partial charge in [-0.15, -0.1) is 0 Å². The van der Waals surface area contributed by atoms with Crippen molar-refractivity contribution in [3.8, 4) is 0 Å². The minimum Gasteiger partial charge on any atom is -0.329 e. The molecular formula is C19H24N4O3. The summed E-state index contributed by atoms with van der Waals surface area (Å²) in [5.41, 5.74) is 8.61. The second-order valence-corrected chi connectivity index (χ2v) is 7.64. The largest absolute Gasteiger partial charge is 0.329 e. The number of nitrogens with zero attached hydrogens (tertiary/aromatic N) is 2. The SMILES string of the molecule is CN(Cc1cccc2c1C(=O)N(C1CCC(=O)NC1=O)C2)C1(CN)CC1. The van der Waals surface area contributed by atoms with Gasteiger partial charge in [0.2, 0.25) is 11.8 Å². The Labute approximate surface area is 152 Å². The van der Waals surface area contributed by atoms with Gasteiger partial charge >= 0.3 is 0 Å². The molecule has 2 heterocycles. The molecular weight excluding hydrogens is 332 g/mol. The van der Waals surface area contributed by atoms with Crippen molar-refractivity contribution in [2.45, 2.75) is 50.4 Å². The molecule has 3 N–H and O–H groups in total. The second kappa shape index (κ2) is 6.17. The molecule has 1 unspecified atom stereocenters. The minimum atomic E-state index is -0.572. The maximum Gasteiger partial charge on any atom is 0.255 e. The summed E-state index contributed by atoms with van der Waals surface area (Å²) in [5.74, 6) is -0.758. The third-order valence-corrected chi connectivity index (χ3v) is 6.06. The summed E-state index contributed by atoms with van der Waals surface area (Å²) in [7, 11) is 2.05. The summed E-state index contributed by atoms with van der Waals surface area (Å²) in [5, 5.41) is 2.34. The van der Waals surface area contributed by atoms with Crippen molar-refractivity contribution in [2.75, 3.05) is 13.6 Å². The van der Waals surface area contributed by atoms with Gasteiger partial charge in [0.1, 0.15) is 6.04 Å². The molecule has 1 aliphatic carbocycles. The predicted octanol–water partition coefficient (Wildman–Crippen LogP) is 0.371. The number of likely N-dealkylation sites (N-methyl/N-ethyl adjacent to an activating group) is 1. The number of carbonyl (C=O) groups is 3. The van der Waals surface area contributed by atoms with Crippen LogP contribution >= 0.6 is 0 Å². The molecule has 2 aliphatic heterocycles. The van der Waals surface area contributed by atoms with E-state index in [9.17, 15) is 14.4 Å². The monoisotopic (exact) mass is 356 g/mol. The Bertz CT molecular complexity index is 787. The topological polar surface area (TPSA) is 95.7 Å². The first kappa shape index (κ1) is 17.2. The van der Waals surface area contributed by atoms with Crippen LogP contribution < -0.4 is 11.1 Å². The molecule has 0 bridgehead atoms. The molecule has 138 valence electrons. The number of fused-ring (bicyclic) bond motifs is 1. The Morgan fingerprint density at radius 3 is 2.73 bits per heavy atom. The van der Waals surface area contributed by atoms with E-state index in [0.29, 0.717) is 31.6 Å². The standard InChI is InChI=1S/C19H24N4O3/c1-22(19(11-20)7-8-19)9-12-3-2-4-13-10-23(18(26)16(12)13)14-5-6-15(24)21-17(14)25/h2-4,14H,5-11,20H2,1H3,(H,21,24,25). The van der Waals surface area contributed by atoms with Crippen LogP contribution in [0.3, 0.4) is 0 Å². The summed E-state index contributed by atoms with van der Waals surface area (Å²) in [6, 6.07) is 5.31. The Morgan fingerprint density at radius 1 is 1.31 bits per heavy atom. The Kier molecular flexibility index (Phi) is 4.08. The third-order valence-electron chi connectivity index (χ3n) is 6.06. The summed E-state index contributed by atoms with van der Waals surface area (Å²) < 4.78 is 0. The van der Waals surface area contributed by atoms with E-state index in [-0.39, 0.29) is 29.7 Å². The molecule has 0 radical (unpaired) electrons. The van der Waals surface area contributed by atoms with E-state index >= 15 is 0 Å². The molecule has 3 aliphatic rings. The average molecular weight is 356 g/mol. The number of nitrogens with two attached hydrogens (primary N) is 1. The number of carbonyl (C=O) groups excluding carboxylic acids is 3. The van der Waals surface area contributed by atoms with Crippen molar-refractivity contribution in [1.29, 1.82) is 0 Å². The molecule has 26 heavy (non-hydrogen) atoms. The number of hydrogen-bond acceptors (Lipinski definition) is 5. The second-order valence-electron chi connectivity index (χ2n) is 7.64. The van der Waals surface area contributed by atoms with Gasteiger partial charge in [0, 0.05) is 37.2 Å². The first-order chi connectivity index (χ1) is 12.4. The van der Waals surface area contributed by atoms with E-state index in [2.05, 4.69) is 17.3 Å².